The molecule has 0 aromatic carbocycles. The summed E-state index contributed by atoms with van der Waals surface area (Å²) in [6, 6.07) is -1.09. The Kier molecular flexibility index (Phi) is 5.35. The van der Waals surface area contributed by atoms with Crippen LogP contribution in [-0.4, -0.2) is 59.3 Å². The highest BCUT2D eigenvalue weighted by atomic mass is 32.1. The molecule has 126 valence electrons. The Bertz CT molecular complexity index is 614. The summed E-state index contributed by atoms with van der Waals surface area (Å²) in [7, 11) is 2.96. The molecule has 1 aliphatic rings. The summed E-state index contributed by atoms with van der Waals surface area (Å²) in [5.41, 5.74) is 0.961. The van der Waals surface area contributed by atoms with Gasteiger partial charge in [0.15, 0.2) is 0 Å². The lowest BCUT2D eigenvalue weighted by Gasteiger charge is -2.15. The highest BCUT2D eigenvalue weighted by Crippen LogP contribution is 2.19. The topological polar surface area (TPSA) is 82.6 Å². The van der Waals surface area contributed by atoms with E-state index in [-0.39, 0.29) is 24.3 Å². The highest BCUT2D eigenvalue weighted by Gasteiger charge is 2.41. The Morgan fingerprint density at radius 2 is 2.09 bits per heavy atom. The second-order valence-electron chi connectivity index (χ2n) is 5.94. The Hall–Kier alpha value is -1.96. The number of hydrogen-bond acceptors (Lipinski definition) is 5. The average molecular weight is 338 g/mol. The van der Waals surface area contributed by atoms with Gasteiger partial charge in [0.05, 0.1) is 17.1 Å². The van der Waals surface area contributed by atoms with Crippen LogP contribution < -0.4 is 5.32 Å². The quantitative estimate of drug-likeness (QED) is 0.790. The van der Waals surface area contributed by atoms with Crippen molar-refractivity contribution in [3.05, 3.63) is 16.1 Å². The van der Waals surface area contributed by atoms with Crippen LogP contribution in [0, 0.1) is 0 Å². The van der Waals surface area contributed by atoms with Crippen LogP contribution >= 0.6 is 11.3 Å². The molecule has 0 saturated carbocycles. The van der Waals surface area contributed by atoms with E-state index in [0.717, 1.165) is 15.6 Å². The van der Waals surface area contributed by atoms with Gasteiger partial charge >= 0.3 is 6.03 Å². The molecule has 1 saturated heterocycles. The molecule has 1 N–H and O–H groups in total. The van der Waals surface area contributed by atoms with Crippen LogP contribution in [0.5, 0.6) is 0 Å². The minimum atomic E-state index is -0.709. The molecule has 23 heavy (non-hydrogen) atoms. The summed E-state index contributed by atoms with van der Waals surface area (Å²) in [4.78, 5) is 42.4. The van der Waals surface area contributed by atoms with Crippen LogP contribution in [0.2, 0.25) is 0 Å². The molecule has 8 heteroatoms. The van der Waals surface area contributed by atoms with E-state index in [1.807, 2.05) is 5.38 Å². The lowest BCUT2D eigenvalue weighted by molar-refractivity contribution is -0.131. The van der Waals surface area contributed by atoms with Crippen molar-refractivity contribution < 1.29 is 14.4 Å². The maximum absolute atomic E-state index is 12.0. The van der Waals surface area contributed by atoms with Crippen LogP contribution in [0.15, 0.2) is 5.38 Å². The second kappa shape index (κ2) is 7.08. The Balaban J connectivity index is 1.79. The van der Waals surface area contributed by atoms with Crippen molar-refractivity contribution in [2.24, 2.45) is 0 Å². The number of likely N-dealkylation sites (N-methyl/N-ethyl adjacent to an activating group) is 2. The maximum atomic E-state index is 12.0. The molecule has 4 amide bonds. The van der Waals surface area contributed by atoms with Crippen LogP contribution in [0.4, 0.5) is 4.79 Å². The van der Waals surface area contributed by atoms with Gasteiger partial charge in [0.2, 0.25) is 5.91 Å². The van der Waals surface area contributed by atoms with Crippen LogP contribution in [0.1, 0.15) is 36.9 Å². The van der Waals surface area contributed by atoms with E-state index >= 15 is 0 Å². The van der Waals surface area contributed by atoms with Gasteiger partial charge in [0.1, 0.15) is 6.04 Å². The molecule has 1 fully saturated rings. The molecule has 0 radical (unpaired) electrons. The van der Waals surface area contributed by atoms with Crippen molar-refractivity contribution in [1.82, 2.24) is 20.1 Å². The van der Waals surface area contributed by atoms with Crippen molar-refractivity contribution in [2.75, 3.05) is 20.6 Å². The minimum absolute atomic E-state index is 0.0142. The Morgan fingerprint density at radius 3 is 2.61 bits per heavy atom. The van der Waals surface area contributed by atoms with Gasteiger partial charge in [0.25, 0.3) is 5.91 Å². The summed E-state index contributed by atoms with van der Waals surface area (Å²) >= 11 is 1.63. The minimum Gasteiger partial charge on any atom is -0.356 e. The summed E-state index contributed by atoms with van der Waals surface area (Å²) in [5.74, 6) is -0.173. The zero-order chi connectivity index (χ0) is 17.1. The normalized spacial score (nSPS) is 18.2. The van der Waals surface area contributed by atoms with Gasteiger partial charge < -0.3 is 10.2 Å². The number of rotatable bonds is 6. The van der Waals surface area contributed by atoms with Crippen LogP contribution in [0.3, 0.4) is 0 Å². The highest BCUT2D eigenvalue weighted by molar-refractivity contribution is 7.09. The van der Waals surface area contributed by atoms with Crippen LogP contribution in [0.25, 0.3) is 0 Å². The molecule has 7 nitrogen and oxygen atoms in total. The standard InChI is InChI=1S/C15H22N4O3S/c1-9(2)13-17-10(8-23-13)5-6-16-12(20)7-11-14(21)19(4)15(22)18(11)3/h8-9,11H,5-7H2,1-4H3,(H,16,20)/t11-/m1/s1. The third-order valence-electron chi connectivity index (χ3n) is 3.82. The predicted octanol–water partition coefficient (Wildman–Crippen LogP) is 1.21. The number of aromatic nitrogens is 1. The summed E-state index contributed by atoms with van der Waals surface area (Å²) in [6.07, 6.45) is 0.641. The first kappa shape index (κ1) is 17.4. The zero-order valence-electron chi connectivity index (χ0n) is 13.8. The first-order valence-electron chi connectivity index (χ1n) is 7.56. The van der Waals surface area contributed by atoms with Crippen molar-refractivity contribution in [3.8, 4) is 0 Å². The van der Waals surface area contributed by atoms with Crippen molar-refractivity contribution in [2.45, 2.75) is 38.6 Å². The molecule has 1 atom stereocenters. The fourth-order valence-corrected chi connectivity index (χ4v) is 3.23. The molecule has 1 aromatic rings. The maximum Gasteiger partial charge on any atom is 0.326 e. The molecule has 0 spiro atoms. The third kappa shape index (κ3) is 3.87. The monoisotopic (exact) mass is 338 g/mol. The summed E-state index contributed by atoms with van der Waals surface area (Å²) < 4.78 is 0. The smallest absolute Gasteiger partial charge is 0.326 e. The molecule has 0 aliphatic carbocycles. The van der Waals surface area contributed by atoms with E-state index in [1.165, 1.54) is 19.0 Å². The number of nitrogens with zero attached hydrogens (tertiary/aromatic N) is 3. The number of imide groups is 1. The summed E-state index contributed by atoms with van der Waals surface area (Å²) in [5, 5.41) is 5.88. The van der Waals surface area contributed by atoms with E-state index in [1.54, 1.807) is 11.3 Å². The SMILES string of the molecule is CC(C)c1nc(CCNC(=O)C[C@@H]2C(=O)N(C)C(=O)N2C)cs1. The lowest BCUT2D eigenvalue weighted by atomic mass is 10.2. The summed E-state index contributed by atoms with van der Waals surface area (Å²) in [6.45, 7) is 4.66. The second-order valence-corrected chi connectivity index (χ2v) is 6.83. The Morgan fingerprint density at radius 1 is 1.39 bits per heavy atom. The lowest BCUT2D eigenvalue weighted by Crippen LogP contribution is -2.37. The molecule has 1 aliphatic heterocycles. The van der Waals surface area contributed by atoms with E-state index in [2.05, 4.69) is 24.1 Å². The van der Waals surface area contributed by atoms with Crippen LogP contribution in [-0.2, 0) is 16.0 Å². The molecular formula is C15H22N4O3S. The van der Waals surface area contributed by atoms with Gasteiger partial charge in [-0.3, -0.25) is 14.5 Å². The van der Waals surface area contributed by atoms with Crippen molar-refractivity contribution in [3.63, 3.8) is 0 Å². The molecule has 1 aromatic heterocycles. The molecule has 0 unspecified atom stereocenters. The Labute approximate surface area is 139 Å². The van der Waals surface area contributed by atoms with Gasteiger partial charge in [-0.1, -0.05) is 13.8 Å². The predicted molar refractivity (Wildman–Crippen MR) is 87.3 cm³/mol. The molecular weight excluding hydrogens is 316 g/mol. The van der Waals surface area contributed by atoms with Crippen molar-refractivity contribution in [1.29, 1.82) is 0 Å². The third-order valence-corrected chi connectivity index (χ3v) is 5.01. The average Bonchev–Trinajstić information content (AvgIpc) is 3.04. The number of hydrogen-bond donors (Lipinski definition) is 1. The number of amides is 4. The fourth-order valence-electron chi connectivity index (χ4n) is 2.36. The number of carbonyl (C=O) groups excluding carboxylic acids is 3. The number of carbonyl (C=O) groups is 3. The van der Waals surface area contributed by atoms with Gasteiger partial charge in [0, 0.05) is 38.4 Å². The zero-order valence-corrected chi connectivity index (χ0v) is 14.6. The van der Waals surface area contributed by atoms with E-state index in [9.17, 15) is 14.4 Å². The first-order valence-corrected chi connectivity index (χ1v) is 8.44. The number of nitrogens with one attached hydrogen (secondary N) is 1. The van der Waals surface area contributed by atoms with E-state index in [4.69, 9.17) is 0 Å². The van der Waals surface area contributed by atoms with Gasteiger partial charge in [-0.05, 0) is 0 Å². The fraction of sp³-hybridized carbons (Fsp3) is 0.600. The van der Waals surface area contributed by atoms with E-state index in [0.29, 0.717) is 18.9 Å². The number of thiazole rings is 1. The molecule has 2 rings (SSSR count). The van der Waals surface area contributed by atoms with Gasteiger partial charge in [-0.15, -0.1) is 11.3 Å². The molecule has 2 heterocycles. The van der Waals surface area contributed by atoms with Crippen molar-refractivity contribution >= 4 is 29.2 Å². The van der Waals surface area contributed by atoms with Gasteiger partial charge in [-0.25, -0.2) is 9.78 Å². The number of urea groups is 1. The van der Waals surface area contributed by atoms with Gasteiger partial charge in [-0.2, -0.15) is 0 Å². The first-order chi connectivity index (χ1) is 10.8. The van der Waals surface area contributed by atoms with E-state index < -0.39 is 6.04 Å². The molecule has 0 bridgehead atoms. The largest absolute Gasteiger partial charge is 0.356 e.